The summed E-state index contributed by atoms with van der Waals surface area (Å²) >= 11 is 0. The summed E-state index contributed by atoms with van der Waals surface area (Å²) in [5.74, 6) is -1.17. The first-order chi connectivity index (χ1) is 7.02. The van der Waals surface area contributed by atoms with Crippen LogP contribution in [0.25, 0.3) is 0 Å². The smallest absolute Gasteiger partial charge is 0.335 e. The Hall–Kier alpha value is -1.08. The van der Waals surface area contributed by atoms with Crippen LogP contribution in [0.15, 0.2) is 0 Å². The average molecular weight is 211 g/mol. The van der Waals surface area contributed by atoms with E-state index in [1.807, 2.05) is 0 Å². The highest BCUT2D eigenvalue weighted by Gasteiger charge is 2.44. The van der Waals surface area contributed by atoms with Gasteiger partial charge in [-0.1, -0.05) is 0 Å². The van der Waals surface area contributed by atoms with E-state index in [4.69, 9.17) is 15.1 Å². The minimum absolute atomic E-state index is 0.276. The molecular formula is C11H17NO3. The number of carbonyl (C=O) groups is 1. The molecule has 84 valence electrons. The van der Waals surface area contributed by atoms with Gasteiger partial charge in [0.25, 0.3) is 0 Å². The SMILES string of the molecule is CC(OC1(C(=O)O)CCCC1)[C@H](C)C#N. The molecule has 0 aromatic rings. The Bertz CT molecular complexity index is 276. The Morgan fingerprint density at radius 3 is 2.40 bits per heavy atom. The zero-order valence-electron chi connectivity index (χ0n) is 9.19. The maximum Gasteiger partial charge on any atom is 0.335 e. The molecule has 4 nitrogen and oxygen atoms in total. The third kappa shape index (κ3) is 2.48. The second-order valence-corrected chi connectivity index (χ2v) is 4.25. The highest BCUT2D eigenvalue weighted by Crippen LogP contribution is 2.35. The first-order valence-corrected chi connectivity index (χ1v) is 5.32. The Kier molecular flexibility index (Phi) is 3.70. The fourth-order valence-electron chi connectivity index (χ4n) is 1.89. The van der Waals surface area contributed by atoms with Gasteiger partial charge in [-0.2, -0.15) is 5.26 Å². The van der Waals surface area contributed by atoms with Crippen LogP contribution >= 0.6 is 0 Å². The number of nitriles is 1. The fourth-order valence-corrected chi connectivity index (χ4v) is 1.89. The summed E-state index contributed by atoms with van der Waals surface area (Å²) in [6.07, 6.45) is 2.57. The topological polar surface area (TPSA) is 70.3 Å². The van der Waals surface area contributed by atoms with Gasteiger partial charge in [0, 0.05) is 0 Å². The minimum Gasteiger partial charge on any atom is -0.479 e. The van der Waals surface area contributed by atoms with Gasteiger partial charge >= 0.3 is 5.97 Å². The van der Waals surface area contributed by atoms with E-state index in [1.54, 1.807) is 13.8 Å². The highest BCUT2D eigenvalue weighted by molar-refractivity contribution is 5.77. The van der Waals surface area contributed by atoms with E-state index in [0.29, 0.717) is 12.8 Å². The molecule has 0 amide bonds. The molecule has 1 fully saturated rings. The van der Waals surface area contributed by atoms with Crippen LogP contribution in [-0.4, -0.2) is 22.8 Å². The molecule has 0 heterocycles. The molecule has 2 atom stereocenters. The van der Waals surface area contributed by atoms with Crippen molar-refractivity contribution in [3.8, 4) is 6.07 Å². The van der Waals surface area contributed by atoms with Crippen LogP contribution in [-0.2, 0) is 9.53 Å². The van der Waals surface area contributed by atoms with Gasteiger partial charge in [-0.05, 0) is 39.5 Å². The van der Waals surface area contributed by atoms with Crippen molar-refractivity contribution in [3.63, 3.8) is 0 Å². The number of ether oxygens (including phenoxy) is 1. The summed E-state index contributed by atoms with van der Waals surface area (Å²) in [5, 5.41) is 17.9. The zero-order valence-corrected chi connectivity index (χ0v) is 9.19. The molecule has 1 N–H and O–H groups in total. The van der Waals surface area contributed by atoms with Crippen molar-refractivity contribution in [1.82, 2.24) is 0 Å². The molecule has 0 aromatic carbocycles. The van der Waals surface area contributed by atoms with Gasteiger partial charge < -0.3 is 9.84 Å². The molecule has 1 saturated carbocycles. The number of nitrogens with zero attached hydrogens (tertiary/aromatic N) is 1. The lowest BCUT2D eigenvalue weighted by Crippen LogP contribution is -2.42. The molecular weight excluding hydrogens is 194 g/mol. The molecule has 0 aliphatic heterocycles. The minimum atomic E-state index is -1.04. The van der Waals surface area contributed by atoms with Crippen LogP contribution in [0.4, 0.5) is 0 Å². The fraction of sp³-hybridized carbons (Fsp3) is 0.818. The first-order valence-electron chi connectivity index (χ1n) is 5.32. The molecule has 0 spiro atoms. The quantitative estimate of drug-likeness (QED) is 0.771. The molecule has 0 saturated heterocycles. The van der Waals surface area contributed by atoms with E-state index < -0.39 is 11.6 Å². The summed E-state index contributed by atoms with van der Waals surface area (Å²) in [6.45, 7) is 3.51. The number of carboxylic acids is 1. The number of hydrogen-bond acceptors (Lipinski definition) is 3. The second-order valence-electron chi connectivity index (χ2n) is 4.25. The average Bonchev–Trinajstić information content (AvgIpc) is 2.66. The lowest BCUT2D eigenvalue weighted by molar-refractivity contribution is -0.174. The van der Waals surface area contributed by atoms with E-state index in [9.17, 15) is 4.79 Å². The van der Waals surface area contributed by atoms with E-state index in [0.717, 1.165) is 12.8 Å². The molecule has 1 aliphatic carbocycles. The van der Waals surface area contributed by atoms with Gasteiger partial charge in [0.05, 0.1) is 18.1 Å². The van der Waals surface area contributed by atoms with Crippen molar-refractivity contribution in [2.45, 2.75) is 51.2 Å². The van der Waals surface area contributed by atoms with Gasteiger partial charge in [-0.15, -0.1) is 0 Å². The van der Waals surface area contributed by atoms with Crippen molar-refractivity contribution in [3.05, 3.63) is 0 Å². The summed E-state index contributed by atoms with van der Waals surface area (Å²) in [7, 11) is 0. The van der Waals surface area contributed by atoms with Gasteiger partial charge in [-0.25, -0.2) is 4.79 Å². The number of aliphatic carboxylic acids is 1. The van der Waals surface area contributed by atoms with E-state index in [2.05, 4.69) is 6.07 Å². The van der Waals surface area contributed by atoms with Crippen molar-refractivity contribution < 1.29 is 14.6 Å². The molecule has 1 unspecified atom stereocenters. The lowest BCUT2D eigenvalue weighted by atomic mass is 10.0. The lowest BCUT2D eigenvalue weighted by Gasteiger charge is -2.29. The van der Waals surface area contributed by atoms with Crippen LogP contribution in [0.5, 0.6) is 0 Å². The van der Waals surface area contributed by atoms with Crippen LogP contribution in [0, 0.1) is 17.2 Å². The molecule has 0 aromatic heterocycles. The van der Waals surface area contributed by atoms with Gasteiger partial charge in [0.15, 0.2) is 5.60 Å². The third-order valence-corrected chi connectivity index (χ3v) is 3.12. The largest absolute Gasteiger partial charge is 0.479 e. The standard InChI is InChI=1S/C11H17NO3/c1-8(7-12)9(2)15-11(10(13)14)5-3-4-6-11/h8-9H,3-6H2,1-2H3,(H,13,14)/t8-,9?/m1/s1. The van der Waals surface area contributed by atoms with Crippen LogP contribution in [0.1, 0.15) is 39.5 Å². The zero-order chi connectivity index (χ0) is 11.5. The van der Waals surface area contributed by atoms with E-state index >= 15 is 0 Å². The van der Waals surface area contributed by atoms with Crippen molar-refractivity contribution in [2.24, 2.45) is 5.92 Å². The summed E-state index contributed by atoms with van der Waals surface area (Å²) in [6, 6.07) is 2.08. The normalized spacial score (nSPS) is 23.0. The Labute approximate surface area is 89.8 Å². The van der Waals surface area contributed by atoms with Crippen molar-refractivity contribution in [1.29, 1.82) is 5.26 Å². The van der Waals surface area contributed by atoms with Gasteiger partial charge in [0.2, 0.25) is 0 Å². The van der Waals surface area contributed by atoms with Gasteiger partial charge in [0.1, 0.15) is 0 Å². The van der Waals surface area contributed by atoms with Crippen LogP contribution in [0.3, 0.4) is 0 Å². The number of rotatable bonds is 4. The molecule has 4 heteroatoms. The molecule has 1 aliphatic rings. The summed E-state index contributed by atoms with van der Waals surface area (Å²) in [4.78, 5) is 11.2. The first kappa shape index (κ1) is 12.0. The number of hydrogen-bond donors (Lipinski definition) is 1. The highest BCUT2D eigenvalue weighted by atomic mass is 16.5. The number of carboxylic acid groups (broad SMARTS) is 1. The van der Waals surface area contributed by atoms with Crippen LogP contribution < -0.4 is 0 Å². The monoisotopic (exact) mass is 211 g/mol. The Balaban J connectivity index is 2.68. The summed E-state index contributed by atoms with van der Waals surface area (Å²) < 4.78 is 5.59. The maximum absolute atomic E-state index is 11.2. The van der Waals surface area contributed by atoms with Gasteiger partial charge in [-0.3, -0.25) is 0 Å². The maximum atomic E-state index is 11.2. The predicted molar refractivity (Wildman–Crippen MR) is 54.2 cm³/mol. The van der Waals surface area contributed by atoms with Crippen molar-refractivity contribution in [2.75, 3.05) is 0 Å². The Morgan fingerprint density at radius 2 is 2.00 bits per heavy atom. The van der Waals surface area contributed by atoms with E-state index in [1.165, 1.54) is 0 Å². The Morgan fingerprint density at radius 1 is 1.47 bits per heavy atom. The second kappa shape index (κ2) is 4.63. The molecule has 1 rings (SSSR count). The third-order valence-electron chi connectivity index (χ3n) is 3.12. The predicted octanol–water partition coefficient (Wildman–Crippen LogP) is 1.95. The summed E-state index contributed by atoms with van der Waals surface area (Å²) in [5.41, 5.74) is -1.04. The van der Waals surface area contributed by atoms with E-state index in [-0.39, 0.29) is 12.0 Å². The molecule has 0 bridgehead atoms. The molecule has 15 heavy (non-hydrogen) atoms. The molecule has 0 radical (unpaired) electrons. The van der Waals surface area contributed by atoms with Crippen molar-refractivity contribution >= 4 is 5.97 Å². The van der Waals surface area contributed by atoms with Crippen LogP contribution in [0.2, 0.25) is 0 Å².